The van der Waals surface area contributed by atoms with Gasteiger partial charge in [-0.05, 0) is 31.2 Å². The number of benzene rings is 2. The summed E-state index contributed by atoms with van der Waals surface area (Å²) >= 11 is 0. The Hall–Kier alpha value is -3.14. The van der Waals surface area contributed by atoms with Crippen molar-refractivity contribution in [2.45, 2.75) is 19.1 Å². The maximum Gasteiger partial charge on any atom is 0.416 e. The summed E-state index contributed by atoms with van der Waals surface area (Å²) in [6, 6.07) is 11.4. The molecule has 0 spiro atoms. The van der Waals surface area contributed by atoms with E-state index in [2.05, 4.69) is 0 Å². The van der Waals surface area contributed by atoms with Crippen LogP contribution in [0.15, 0.2) is 48.5 Å². The fourth-order valence-corrected chi connectivity index (χ4v) is 3.68. The molecule has 2 aromatic rings. The molecule has 3 rings (SSSR count). The van der Waals surface area contributed by atoms with E-state index < -0.39 is 28.4 Å². The molecule has 7 nitrogen and oxygen atoms in total. The number of likely N-dealkylation sites (N-methyl/N-ethyl adjacent to an activating group) is 1. The van der Waals surface area contributed by atoms with E-state index in [9.17, 15) is 28.1 Å². The summed E-state index contributed by atoms with van der Waals surface area (Å²) in [5.74, 6) is -0.0832. The van der Waals surface area contributed by atoms with Crippen molar-refractivity contribution in [3.05, 3.63) is 64.2 Å². The van der Waals surface area contributed by atoms with E-state index in [4.69, 9.17) is 0 Å². The predicted octanol–water partition coefficient (Wildman–Crippen LogP) is 3.79. The maximum atomic E-state index is 12.9. The van der Waals surface area contributed by atoms with Gasteiger partial charge in [-0.1, -0.05) is 18.2 Å². The number of rotatable bonds is 5. The SMILES string of the molecule is C[C@@H](C(=O)N(C)c1ccccc1)N1CCN(c2ccc(C(F)(F)F)cc2[N+](=O)[O-])CC1. The third-order valence-corrected chi connectivity index (χ3v) is 5.53. The lowest BCUT2D eigenvalue weighted by atomic mass is 10.1. The number of nitrogens with zero attached hydrogens (tertiary/aromatic N) is 4. The van der Waals surface area contributed by atoms with Crippen molar-refractivity contribution in [2.24, 2.45) is 0 Å². The highest BCUT2D eigenvalue weighted by molar-refractivity contribution is 5.96. The number of alkyl halides is 3. The van der Waals surface area contributed by atoms with Crippen LogP contribution in [0, 0.1) is 10.1 Å². The molecular weight excluding hydrogens is 413 g/mol. The summed E-state index contributed by atoms with van der Waals surface area (Å²) in [4.78, 5) is 28.7. The Labute approximate surface area is 177 Å². The van der Waals surface area contributed by atoms with Crippen LogP contribution in [0.1, 0.15) is 12.5 Å². The number of para-hydroxylation sites is 1. The lowest BCUT2D eigenvalue weighted by molar-refractivity contribution is -0.384. The molecular formula is C21H23F3N4O3. The van der Waals surface area contributed by atoms with Crippen LogP contribution in [-0.4, -0.2) is 55.0 Å². The van der Waals surface area contributed by atoms with Gasteiger partial charge < -0.3 is 9.80 Å². The molecule has 0 unspecified atom stereocenters. The normalized spacial score (nSPS) is 16.1. The standard InChI is InChI=1S/C21H23F3N4O3/c1-15(20(29)25(2)17-6-4-3-5-7-17)26-10-12-27(13-11-26)18-9-8-16(21(22,23)24)14-19(18)28(30)31/h3-9,14-15H,10-13H2,1-2H3/t15-/m0/s1. The van der Waals surface area contributed by atoms with Gasteiger partial charge in [-0.25, -0.2) is 0 Å². The van der Waals surface area contributed by atoms with Crippen molar-refractivity contribution in [3.63, 3.8) is 0 Å². The van der Waals surface area contributed by atoms with Gasteiger partial charge in [0.25, 0.3) is 5.69 Å². The molecule has 0 N–H and O–H groups in total. The van der Waals surface area contributed by atoms with Gasteiger partial charge >= 0.3 is 6.18 Å². The Bertz CT molecular complexity index is 945. The Morgan fingerprint density at radius 3 is 2.26 bits per heavy atom. The van der Waals surface area contributed by atoms with Crippen molar-refractivity contribution in [1.82, 2.24) is 4.90 Å². The molecule has 2 aromatic carbocycles. The van der Waals surface area contributed by atoms with E-state index in [0.717, 1.165) is 17.8 Å². The number of carbonyl (C=O) groups is 1. The van der Waals surface area contributed by atoms with Crippen LogP contribution in [-0.2, 0) is 11.0 Å². The van der Waals surface area contributed by atoms with Gasteiger partial charge in [0.05, 0.1) is 16.5 Å². The van der Waals surface area contributed by atoms with Crippen molar-refractivity contribution >= 4 is 23.0 Å². The summed E-state index contributed by atoms with van der Waals surface area (Å²) in [7, 11) is 1.70. The Morgan fingerprint density at radius 1 is 1.10 bits per heavy atom. The van der Waals surface area contributed by atoms with E-state index in [-0.39, 0.29) is 11.6 Å². The number of nitro benzene ring substituents is 1. The number of halogens is 3. The minimum absolute atomic E-state index is 0.0832. The van der Waals surface area contributed by atoms with Crippen LogP contribution in [0.5, 0.6) is 0 Å². The fraction of sp³-hybridized carbons (Fsp3) is 0.381. The molecule has 0 aromatic heterocycles. The largest absolute Gasteiger partial charge is 0.416 e. The minimum atomic E-state index is -4.65. The summed E-state index contributed by atoms with van der Waals surface area (Å²) < 4.78 is 38.8. The fourth-order valence-electron chi connectivity index (χ4n) is 3.68. The van der Waals surface area contributed by atoms with Gasteiger partial charge in [0.2, 0.25) is 5.91 Å². The summed E-state index contributed by atoms with van der Waals surface area (Å²) in [5, 5.41) is 11.4. The molecule has 0 aliphatic carbocycles. The summed E-state index contributed by atoms with van der Waals surface area (Å²) in [5.41, 5.74) is -0.697. The first kappa shape index (κ1) is 22.5. The predicted molar refractivity (Wildman–Crippen MR) is 111 cm³/mol. The molecule has 1 aliphatic rings. The van der Waals surface area contributed by atoms with Gasteiger partial charge in [-0.3, -0.25) is 19.8 Å². The Morgan fingerprint density at radius 2 is 1.71 bits per heavy atom. The van der Waals surface area contributed by atoms with Crippen LogP contribution in [0.4, 0.5) is 30.2 Å². The lowest BCUT2D eigenvalue weighted by Crippen LogP contribution is -2.54. The molecule has 1 saturated heterocycles. The van der Waals surface area contributed by atoms with E-state index in [1.807, 2.05) is 35.2 Å². The maximum absolute atomic E-state index is 12.9. The third kappa shape index (κ3) is 4.96. The highest BCUT2D eigenvalue weighted by Gasteiger charge is 2.35. The van der Waals surface area contributed by atoms with Crippen molar-refractivity contribution < 1.29 is 22.9 Å². The van der Waals surface area contributed by atoms with Crippen molar-refractivity contribution in [2.75, 3.05) is 43.0 Å². The van der Waals surface area contributed by atoms with Crippen LogP contribution in [0.25, 0.3) is 0 Å². The second kappa shape index (κ2) is 8.93. The highest BCUT2D eigenvalue weighted by Crippen LogP contribution is 2.36. The zero-order chi connectivity index (χ0) is 22.8. The second-order valence-corrected chi connectivity index (χ2v) is 7.39. The van der Waals surface area contributed by atoms with E-state index >= 15 is 0 Å². The number of carbonyl (C=O) groups excluding carboxylic acids is 1. The van der Waals surface area contributed by atoms with Gasteiger partial charge in [-0.15, -0.1) is 0 Å². The number of hydrogen-bond donors (Lipinski definition) is 0. The first-order valence-corrected chi connectivity index (χ1v) is 9.77. The third-order valence-electron chi connectivity index (χ3n) is 5.53. The quantitative estimate of drug-likeness (QED) is 0.527. The second-order valence-electron chi connectivity index (χ2n) is 7.39. The molecule has 0 saturated carbocycles. The van der Waals surface area contributed by atoms with Gasteiger partial charge in [-0.2, -0.15) is 13.2 Å². The van der Waals surface area contributed by atoms with Gasteiger partial charge in [0.1, 0.15) is 5.69 Å². The summed E-state index contributed by atoms with van der Waals surface area (Å²) in [6.45, 7) is 3.43. The number of amides is 1. The number of piperazine rings is 1. The molecule has 0 bridgehead atoms. The van der Waals surface area contributed by atoms with Crippen LogP contribution >= 0.6 is 0 Å². The van der Waals surface area contributed by atoms with E-state index in [1.165, 1.54) is 0 Å². The van der Waals surface area contributed by atoms with Gasteiger partial charge in [0, 0.05) is 45.0 Å². The molecule has 1 heterocycles. The topological polar surface area (TPSA) is 69.9 Å². The number of hydrogen-bond acceptors (Lipinski definition) is 5. The summed E-state index contributed by atoms with van der Waals surface area (Å²) in [6.07, 6.45) is -4.65. The molecule has 1 aliphatic heterocycles. The zero-order valence-electron chi connectivity index (χ0n) is 17.2. The van der Waals surface area contributed by atoms with Crippen molar-refractivity contribution in [3.8, 4) is 0 Å². The molecule has 0 radical (unpaired) electrons. The van der Waals surface area contributed by atoms with E-state index in [0.29, 0.717) is 32.2 Å². The first-order valence-electron chi connectivity index (χ1n) is 9.77. The van der Waals surface area contributed by atoms with Gasteiger partial charge in [0.15, 0.2) is 0 Å². The average molecular weight is 436 g/mol. The molecule has 1 atom stereocenters. The van der Waals surface area contributed by atoms with Crippen LogP contribution in [0.3, 0.4) is 0 Å². The lowest BCUT2D eigenvalue weighted by Gasteiger charge is -2.39. The molecule has 1 fully saturated rings. The number of nitro groups is 1. The molecule has 166 valence electrons. The van der Waals surface area contributed by atoms with E-state index in [1.54, 1.807) is 23.8 Å². The Kier molecular flexibility index (Phi) is 6.49. The first-order chi connectivity index (χ1) is 14.6. The number of anilines is 2. The van der Waals surface area contributed by atoms with Crippen molar-refractivity contribution in [1.29, 1.82) is 0 Å². The molecule has 10 heteroatoms. The Balaban J connectivity index is 1.69. The average Bonchev–Trinajstić information content (AvgIpc) is 2.77. The molecule has 1 amide bonds. The highest BCUT2D eigenvalue weighted by atomic mass is 19.4. The molecule has 31 heavy (non-hydrogen) atoms. The van der Waals surface area contributed by atoms with Crippen LogP contribution < -0.4 is 9.80 Å². The van der Waals surface area contributed by atoms with Crippen LogP contribution in [0.2, 0.25) is 0 Å². The zero-order valence-corrected chi connectivity index (χ0v) is 17.2. The smallest absolute Gasteiger partial charge is 0.363 e. The minimum Gasteiger partial charge on any atom is -0.363 e. The monoisotopic (exact) mass is 436 g/mol.